The summed E-state index contributed by atoms with van der Waals surface area (Å²) in [5.74, 6) is -0.674. The second-order valence-corrected chi connectivity index (χ2v) is 11.4. The van der Waals surface area contributed by atoms with Gasteiger partial charge in [-0.3, -0.25) is 9.29 Å². The molecular weight excluding hydrogens is 480 g/mol. The van der Waals surface area contributed by atoms with Gasteiger partial charge in [0.05, 0.1) is 23.3 Å². The molecule has 0 amide bonds. The molecule has 4 rings (SSSR count). The third-order valence-electron chi connectivity index (χ3n) is 5.29. The number of nitrogens with one attached hydrogen (secondary N) is 1. The van der Waals surface area contributed by atoms with E-state index in [0.29, 0.717) is 11.1 Å². The Morgan fingerprint density at radius 1 is 0.971 bits per heavy atom. The summed E-state index contributed by atoms with van der Waals surface area (Å²) in [6, 6.07) is 15.1. The lowest BCUT2D eigenvalue weighted by molar-refractivity contribution is 0.402. The number of benzene rings is 3. The molecule has 0 radical (unpaired) electrons. The minimum Gasteiger partial charge on any atom is -0.495 e. The van der Waals surface area contributed by atoms with E-state index in [1.807, 2.05) is 0 Å². The largest absolute Gasteiger partial charge is 0.495 e. The van der Waals surface area contributed by atoms with Crippen molar-refractivity contribution < 1.29 is 26.0 Å². The van der Waals surface area contributed by atoms with Crippen LogP contribution in [0.3, 0.4) is 0 Å². The average Bonchev–Trinajstić information content (AvgIpc) is 3.07. The minimum absolute atomic E-state index is 0.00427. The number of aromatic nitrogens is 1. The van der Waals surface area contributed by atoms with E-state index >= 15 is 0 Å². The van der Waals surface area contributed by atoms with Gasteiger partial charge in [0.25, 0.3) is 10.0 Å². The zero-order valence-electron chi connectivity index (χ0n) is 18.6. The molecule has 0 fully saturated rings. The van der Waals surface area contributed by atoms with E-state index in [1.165, 1.54) is 67.3 Å². The van der Waals surface area contributed by atoms with E-state index in [9.17, 15) is 21.6 Å². The van der Waals surface area contributed by atoms with Crippen LogP contribution in [-0.2, 0) is 32.7 Å². The van der Waals surface area contributed by atoms with Crippen molar-refractivity contribution in [2.24, 2.45) is 7.05 Å². The second-order valence-electron chi connectivity index (χ2n) is 7.77. The smallest absolute Gasteiger partial charge is 0.419 e. The van der Waals surface area contributed by atoms with Gasteiger partial charge in [0.1, 0.15) is 10.6 Å². The lowest BCUT2D eigenvalue weighted by Gasteiger charge is -2.13. The maximum atomic E-state index is 12.9. The molecule has 0 saturated carbocycles. The zero-order chi connectivity index (χ0) is 24.7. The molecule has 1 aromatic heterocycles. The molecule has 0 aliphatic heterocycles. The normalized spacial score (nSPS) is 12.1. The average molecular weight is 503 g/mol. The predicted octanol–water partition coefficient (Wildman–Crippen LogP) is 3.22. The molecule has 0 bridgehead atoms. The Morgan fingerprint density at radius 3 is 2.35 bits per heavy atom. The molecule has 34 heavy (non-hydrogen) atoms. The first-order valence-corrected chi connectivity index (χ1v) is 13.2. The number of hydrogen-bond donors (Lipinski definition) is 1. The molecule has 1 heterocycles. The summed E-state index contributed by atoms with van der Waals surface area (Å²) in [6.45, 7) is 1.77. The van der Waals surface area contributed by atoms with Crippen LogP contribution in [0.4, 0.5) is 5.69 Å². The molecule has 0 unspecified atom stereocenters. The first-order valence-electron chi connectivity index (χ1n) is 10.1. The minimum atomic E-state index is -3.92. The molecule has 4 aromatic rings. The molecule has 0 aliphatic rings. The fourth-order valence-electron chi connectivity index (χ4n) is 3.48. The number of anilines is 1. The van der Waals surface area contributed by atoms with Crippen LogP contribution in [0.1, 0.15) is 11.1 Å². The Kier molecular flexibility index (Phi) is 6.00. The van der Waals surface area contributed by atoms with Crippen LogP contribution in [0.5, 0.6) is 5.75 Å². The van der Waals surface area contributed by atoms with Crippen LogP contribution in [0, 0.1) is 6.92 Å². The van der Waals surface area contributed by atoms with E-state index in [-0.39, 0.29) is 32.6 Å². The molecule has 0 aliphatic carbocycles. The Hall–Kier alpha value is -3.57. The Balaban J connectivity index is 1.55. The molecule has 11 heteroatoms. The van der Waals surface area contributed by atoms with Crippen molar-refractivity contribution in [2.75, 3.05) is 11.8 Å². The second kappa shape index (κ2) is 8.65. The number of oxazole rings is 1. The first-order chi connectivity index (χ1) is 16.0. The van der Waals surface area contributed by atoms with Crippen molar-refractivity contribution in [3.63, 3.8) is 0 Å². The topological polar surface area (TPSA) is 125 Å². The van der Waals surface area contributed by atoms with Gasteiger partial charge in [-0.1, -0.05) is 18.2 Å². The van der Waals surface area contributed by atoms with Crippen molar-refractivity contribution >= 4 is 36.6 Å². The number of sulfonamides is 1. The van der Waals surface area contributed by atoms with Gasteiger partial charge in [-0.05, 0) is 54.4 Å². The number of aryl methyl sites for hydroxylation is 2. The lowest BCUT2D eigenvalue weighted by Crippen LogP contribution is -2.14. The maximum absolute atomic E-state index is 12.9. The quantitative estimate of drug-likeness (QED) is 0.411. The van der Waals surface area contributed by atoms with Gasteiger partial charge in [0.15, 0.2) is 15.4 Å². The molecule has 0 spiro atoms. The Labute approximate surface area is 196 Å². The molecule has 9 nitrogen and oxygen atoms in total. The summed E-state index contributed by atoms with van der Waals surface area (Å²) in [6.07, 6.45) is 0. The summed E-state index contributed by atoms with van der Waals surface area (Å²) in [5, 5.41) is 0. The van der Waals surface area contributed by atoms with Crippen molar-refractivity contribution in [1.29, 1.82) is 0 Å². The van der Waals surface area contributed by atoms with E-state index in [1.54, 1.807) is 19.1 Å². The zero-order valence-corrected chi connectivity index (χ0v) is 20.2. The number of hydrogen-bond acceptors (Lipinski definition) is 7. The highest BCUT2D eigenvalue weighted by Crippen LogP contribution is 2.27. The van der Waals surface area contributed by atoms with E-state index < -0.39 is 25.6 Å². The predicted molar refractivity (Wildman–Crippen MR) is 127 cm³/mol. The van der Waals surface area contributed by atoms with Gasteiger partial charge in [-0.25, -0.2) is 21.6 Å². The molecular formula is C23H22N2O7S2. The molecule has 3 aromatic carbocycles. The molecule has 1 N–H and O–H groups in total. The monoisotopic (exact) mass is 502 g/mol. The van der Waals surface area contributed by atoms with Crippen LogP contribution in [0.15, 0.2) is 79.7 Å². The number of methoxy groups -OCH3 is 1. The van der Waals surface area contributed by atoms with E-state index in [2.05, 4.69) is 4.72 Å². The number of fused-ring (bicyclic) bond motifs is 1. The SMILES string of the molecule is COc1ccc(C)cc1S(=O)(=O)Nc1ccc(CS(=O)(=O)c2ccc3c(c2)oc(=O)n3C)cc1. The standard InChI is InChI=1S/C23H22N2O7S2/c1-15-4-11-20(31-3)22(12-15)34(29,30)24-17-7-5-16(6-8-17)14-33(27,28)18-9-10-19-21(13-18)32-23(26)25(19)2/h4-13,24H,14H2,1-3H3. The van der Waals surface area contributed by atoms with Crippen LogP contribution >= 0.6 is 0 Å². The molecule has 0 saturated heterocycles. The Morgan fingerprint density at radius 2 is 1.68 bits per heavy atom. The van der Waals surface area contributed by atoms with Crippen LogP contribution < -0.4 is 15.2 Å². The van der Waals surface area contributed by atoms with Crippen molar-refractivity contribution in [3.8, 4) is 5.75 Å². The third-order valence-corrected chi connectivity index (χ3v) is 8.38. The van der Waals surface area contributed by atoms with Crippen LogP contribution in [0.25, 0.3) is 11.1 Å². The summed E-state index contributed by atoms with van der Waals surface area (Å²) in [7, 11) is -4.74. The fraction of sp³-hybridized carbons (Fsp3) is 0.174. The highest BCUT2D eigenvalue weighted by atomic mass is 32.2. The lowest BCUT2D eigenvalue weighted by atomic mass is 10.2. The summed E-state index contributed by atoms with van der Waals surface area (Å²) in [4.78, 5) is 11.7. The molecule has 0 atom stereocenters. The van der Waals surface area contributed by atoms with Crippen LogP contribution in [-0.4, -0.2) is 28.5 Å². The summed E-state index contributed by atoms with van der Waals surface area (Å²) >= 11 is 0. The van der Waals surface area contributed by atoms with Gasteiger partial charge >= 0.3 is 5.76 Å². The van der Waals surface area contributed by atoms with Gasteiger partial charge < -0.3 is 9.15 Å². The van der Waals surface area contributed by atoms with Gasteiger partial charge in [-0.2, -0.15) is 0 Å². The van der Waals surface area contributed by atoms with Crippen molar-refractivity contribution in [3.05, 3.63) is 82.3 Å². The number of nitrogens with zero attached hydrogens (tertiary/aromatic N) is 1. The van der Waals surface area contributed by atoms with Crippen molar-refractivity contribution in [1.82, 2.24) is 4.57 Å². The first kappa shape index (κ1) is 23.6. The summed E-state index contributed by atoms with van der Waals surface area (Å²) in [5.41, 5.74) is 2.17. The van der Waals surface area contributed by atoms with Crippen molar-refractivity contribution in [2.45, 2.75) is 22.5 Å². The Bertz CT molecular complexity index is 1650. The maximum Gasteiger partial charge on any atom is 0.419 e. The summed E-state index contributed by atoms with van der Waals surface area (Å²) < 4.78 is 65.5. The van der Waals surface area contributed by atoms with Gasteiger partial charge in [0, 0.05) is 18.8 Å². The number of sulfone groups is 1. The molecule has 178 valence electrons. The van der Waals surface area contributed by atoms with Gasteiger partial charge in [-0.15, -0.1) is 0 Å². The fourth-order valence-corrected chi connectivity index (χ4v) is 6.16. The van der Waals surface area contributed by atoms with Gasteiger partial charge in [0.2, 0.25) is 0 Å². The third kappa shape index (κ3) is 4.57. The van der Waals surface area contributed by atoms with Crippen LogP contribution in [0.2, 0.25) is 0 Å². The highest BCUT2D eigenvalue weighted by molar-refractivity contribution is 7.92. The number of rotatable bonds is 7. The highest BCUT2D eigenvalue weighted by Gasteiger charge is 2.21. The number of ether oxygens (including phenoxy) is 1. The van der Waals surface area contributed by atoms with E-state index in [4.69, 9.17) is 9.15 Å². The van der Waals surface area contributed by atoms with E-state index in [0.717, 1.165) is 5.56 Å².